The second kappa shape index (κ2) is 5.53. The summed E-state index contributed by atoms with van der Waals surface area (Å²) in [5.41, 5.74) is 8.32. The predicted octanol–water partition coefficient (Wildman–Crippen LogP) is 1.42. The van der Waals surface area contributed by atoms with E-state index in [1.54, 1.807) is 29.7 Å². The number of amides is 1. The summed E-state index contributed by atoms with van der Waals surface area (Å²) in [7, 11) is 0. The topological polar surface area (TPSA) is 64.4 Å². The average molecular weight is 248 g/mol. The van der Waals surface area contributed by atoms with Crippen molar-refractivity contribution in [3.63, 3.8) is 0 Å². The van der Waals surface area contributed by atoms with Crippen molar-refractivity contribution in [2.24, 2.45) is 0 Å². The van der Waals surface area contributed by atoms with Crippen molar-refractivity contribution in [1.29, 1.82) is 0 Å². The number of benzene rings is 1. The fourth-order valence-corrected chi connectivity index (χ4v) is 1.06. The van der Waals surface area contributed by atoms with Crippen LogP contribution in [0.1, 0.15) is 5.56 Å². The molecule has 0 aliphatic rings. The maximum Gasteiger partial charge on any atom is 0.414 e. The molecule has 0 spiro atoms. The van der Waals surface area contributed by atoms with Gasteiger partial charge in [0.1, 0.15) is 0 Å². The molecule has 0 aromatic heterocycles. The molecule has 0 fully saturated rings. The molecule has 0 atom stereocenters. The van der Waals surface area contributed by atoms with E-state index in [4.69, 9.17) is 5.73 Å². The van der Waals surface area contributed by atoms with Crippen LogP contribution in [-0.2, 0) is 16.1 Å². The van der Waals surface area contributed by atoms with Crippen molar-refractivity contribution in [2.45, 2.75) is 12.6 Å². The standard InChI is InChI=1S/C10H11F3N2O2/c11-10(12,13)6-17-15-9(16)5-7-1-3-8(14)4-2-7/h1-4H,5-6,14H2,(H,15,16). The molecular formula is C10H11F3N2O2. The Morgan fingerprint density at radius 2 is 1.88 bits per heavy atom. The van der Waals surface area contributed by atoms with Crippen LogP contribution in [0.2, 0.25) is 0 Å². The largest absolute Gasteiger partial charge is 0.414 e. The van der Waals surface area contributed by atoms with Crippen LogP contribution in [0, 0.1) is 0 Å². The van der Waals surface area contributed by atoms with Crippen molar-refractivity contribution in [2.75, 3.05) is 12.3 Å². The van der Waals surface area contributed by atoms with Gasteiger partial charge in [-0.1, -0.05) is 12.1 Å². The van der Waals surface area contributed by atoms with Crippen LogP contribution in [-0.4, -0.2) is 18.7 Å². The molecule has 0 saturated carbocycles. The molecule has 3 N–H and O–H groups in total. The Labute approximate surface area is 95.5 Å². The van der Waals surface area contributed by atoms with Gasteiger partial charge < -0.3 is 5.73 Å². The number of nitrogen functional groups attached to an aromatic ring is 1. The minimum atomic E-state index is -4.46. The first-order valence-electron chi connectivity index (χ1n) is 4.68. The van der Waals surface area contributed by atoms with Crippen molar-refractivity contribution >= 4 is 11.6 Å². The van der Waals surface area contributed by atoms with Crippen LogP contribution >= 0.6 is 0 Å². The van der Waals surface area contributed by atoms with Gasteiger partial charge in [-0.25, -0.2) is 5.48 Å². The van der Waals surface area contributed by atoms with E-state index >= 15 is 0 Å². The number of carbonyl (C=O) groups is 1. The molecule has 0 bridgehead atoms. The van der Waals surface area contributed by atoms with E-state index in [1.165, 1.54) is 0 Å². The van der Waals surface area contributed by atoms with Gasteiger partial charge in [0.15, 0.2) is 6.61 Å². The maximum atomic E-state index is 11.7. The fraction of sp³-hybridized carbons (Fsp3) is 0.300. The highest BCUT2D eigenvalue weighted by atomic mass is 19.4. The number of hydroxylamine groups is 1. The highest BCUT2D eigenvalue weighted by Crippen LogP contribution is 2.13. The Balaban J connectivity index is 2.32. The summed E-state index contributed by atoms with van der Waals surface area (Å²) in [5.74, 6) is -0.654. The van der Waals surface area contributed by atoms with Crippen LogP contribution in [0.25, 0.3) is 0 Å². The van der Waals surface area contributed by atoms with Crippen LogP contribution in [0.15, 0.2) is 24.3 Å². The smallest absolute Gasteiger partial charge is 0.399 e. The normalized spacial score (nSPS) is 11.2. The molecule has 17 heavy (non-hydrogen) atoms. The first kappa shape index (κ1) is 13.3. The third-order valence-electron chi connectivity index (χ3n) is 1.77. The quantitative estimate of drug-likeness (QED) is 0.625. The molecule has 4 nitrogen and oxygen atoms in total. The molecule has 94 valence electrons. The summed E-state index contributed by atoms with van der Waals surface area (Å²) < 4.78 is 35.1. The maximum absolute atomic E-state index is 11.7. The monoisotopic (exact) mass is 248 g/mol. The van der Waals surface area contributed by atoms with E-state index in [2.05, 4.69) is 4.84 Å². The molecule has 1 aromatic carbocycles. The highest BCUT2D eigenvalue weighted by molar-refractivity contribution is 5.77. The highest BCUT2D eigenvalue weighted by Gasteiger charge is 2.28. The lowest BCUT2D eigenvalue weighted by atomic mass is 10.1. The van der Waals surface area contributed by atoms with Crippen LogP contribution in [0.3, 0.4) is 0 Å². The van der Waals surface area contributed by atoms with Crippen LogP contribution < -0.4 is 11.2 Å². The van der Waals surface area contributed by atoms with Gasteiger partial charge in [0.2, 0.25) is 5.91 Å². The lowest BCUT2D eigenvalue weighted by molar-refractivity contribution is -0.191. The Kier molecular flexibility index (Phi) is 4.33. The zero-order chi connectivity index (χ0) is 12.9. The molecule has 1 aromatic rings. The molecule has 7 heteroatoms. The molecule has 0 heterocycles. The van der Waals surface area contributed by atoms with E-state index in [1.807, 2.05) is 0 Å². The zero-order valence-corrected chi connectivity index (χ0v) is 8.75. The minimum absolute atomic E-state index is 0.0713. The molecule has 0 saturated heterocycles. The average Bonchev–Trinajstić information content (AvgIpc) is 2.19. The van der Waals surface area contributed by atoms with E-state index in [-0.39, 0.29) is 6.42 Å². The van der Waals surface area contributed by atoms with E-state index < -0.39 is 18.7 Å². The third-order valence-corrected chi connectivity index (χ3v) is 1.77. The zero-order valence-electron chi connectivity index (χ0n) is 8.75. The summed E-state index contributed by atoms with van der Waals surface area (Å²) in [6.45, 7) is -1.51. The predicted molar refractivity (Wildman–Crippen MR) is 54.7 cm³/mol. The number of anilines is 1. The van der Waals surface area contributed by atoms with Gasteiger partial charge in [0, 0.05) is 5.69 Å². The summed E-state index contributed by atoms with van der Waals surface area (Å²) in [4.78, 5) is 15.2. The first-order valence-corrected chi connectivity index (χ1v) is 4.68. The lowest BCUT2D eigenvalue weighted by Gasteiger charge is -2.08. The number of hydrogen-bond donors (Lipinski definition) is 2. The van der Waals surface area contributed by atoms with Gasteiger partial charge in [0.25, 0.3) is 0 Å². The molecule has 1 rings (SSSR count). The number of nitrogens with two attached hydrogens (primary N) is 1. The Morgan fingerprint density at radius 1 is 1.29 bits per heavy atom. The van der Waals surface area contributed by atoms with E-state index in [9.17, 15) is 18.0 Å². The summed E-state index contributed by atoms with van der Waals surface area (Å²) in [6.07, 6.45) is -4.54. The van der Waals surface area contributed by atoms with Crippen molar-refractivity contribution in [3.05, 3.63) is 29.8 Å². The Bertz CT molecular complexity index is 376. The van der Waals surface area contributed by atoms with Crippen molar-refractivity contribution in [3.8, 4) is 0 Å². The van der Waals surface area contributed by atoms with Gasteiger partial charge in [-0.15, -0.1) is 0 Å². The summed E-state index contributed by atoms with van der Waals surface area (Å²) in [5, 5.41) is 0. The SMILES string of the molecule is Nc1ccc(CC(=O)NOCC(F)(F)F)cc1. The van der Waals surface area contributed by atoms with Crippen molar-refractivity contribution in [1.82, 2.24) is 5.48 Å². The third kappa shape index (κ3) is 5.76. The molecule has 0 radical (unpaired) electrons. The van der Waals surface area contributed by atoms with Crippen molar-refractivity contribution < 1.29 is 22.8 Å². The number of halogens is 3. The molecular weight excluding hydrogens is 237 g/mol. The lowest BCUT2D eigenvalue weighted by Crippen LogP contribution is -2.30. The number of nitrogens with one attached hydrogen (secondary N) is 1. The Hall–Kier alpha value is -1.76. The van der Waals surface area contributed by atoms with E-state index in [0.29, 0.717) is 11.3 Å². The number of hydrogen-bond acceptors (Lipinski definition) is 3. The second-order valence-corrected chi connectivity index (χ2v) is 3.35. The summed E-state index contributed by atoms with van der Waals surface area (Å²) >= 11 is 0. The Morgan fingerprint density at radius 3 is 2.41 bits per heavy atom. The summed E-state index contributed by atoms with van der Waals surface area (Å²) in [6, 6.07) is 6.41. The van der Waals surface area contributed by atoms with Gasteiger partial charge in [-0.3, -0.25) is 9.63 Å². The number of carbonyl (C=O) groups excluding carboxylic acids is 1. The van der Waals surface area contributed by atoms with Gasteiger partial charge in [-0.2, -0.15) is 13.2 Å². The molecule has 1 amide bonds. The fourth-order valence-electron chi connectivity index (χ4n) is 1.06. The van der Waals surface area contributed by atoms with Gasteiger partial charge >= 0.3 is 6.18 Å². The first-order chi connectivity index (χ1) is 7.87. The second-order valence-electron chi connectivity index (χ2n) is 3.35. The molecule has 0 aliphatic heterocycles. The number of rotatable bonds is 4. The van der Waals surface area contributed by atoms with Crippen LogP contribution in [0.4, 0.5) is 18.9 Å². The van der Waals surface area contributed by atoms with E-state index in [0.717, 1.165) is 0 Å². The number of alkyl halides is 3. The van der Waals surface area contributed by atoms with Gasteiger partial charge in [-0.05, 0) is 17.7 Å². The molecule has 0 aliphatic carbocycles. The molecule has 0 unspecified atom stereocenters. The van der Waals surface area contributed by atoms with Gasteiger partial charge in [0.05, 0.1) is 6.42 Å². The minimum Gasteiger partial charge on any atom is -0.399 e. The van der Waals surface area contributed by atoms with Crippen LogP contribution in [0.5, 0.6) is 0 Å².